The Morgan fingerprint density at radius 3 is 2.48 bits per heavy atom. The maximum Gasteiger partial charge on any atom is 0.416 e. The molecule has 138 valence electrons. The number of nitrogens with one attached hydrogen (secondary N) is 2. The number of rotatable bonds is 5. The normalized spacial score (nSPS) is 11.1. The second-order valence-corrected chi connectivity index (χ2v) is 5.64. The molecule has 0 saturated carbocycles. The van der Waals surface area contributed by atoms with Gasteiger partial charge < -0.3 is 10.6 Å². The number of pyridine rings is 2. The zero-order chi connectivity index (χ0) is 19.3. The molecule has 0 fully saturated rings. The highest BCUT2D eigenvalue weighted by molar-refractivity contribution is 5.93. The fourth-order valence-corrected chi connectivity index (χ4v) is 2.34. The van der Waals surface area contributed by atoms with Gasteiger partial charge in [-0.2, -0.15) is 13.2 Å². The van der Waals surface area contributed by atoms with Gasteiger partial charge >= 0.3 is 6.18 Å². The number of benzene rings is 1. The SMILES string of the molecule is O=C(NCc1ccccn1)c1cc(Nc2cccc(C(F)(F)F)c2)ccn1. The van der Waals surface area contributed by atoms with Gasteiger partial charge in [-0.3, -0.25) is 14.8 Å². The number of aromatic nitrogens is 2. The molecule has 0 atom stereocenters. The van der Waals surface area contributed by atoms with Crippen molar-refractivity contribution >= 4 is 17.3 Å². The van der Waals surface area contributed by atoms with E-state index in [1.54, 1.807) is 24.4 Å². The van der Waals surface area contributed by atoms with Gasteiger partial charge in [0.15, 0.2) is 0 Å². The van der Waals surface area contributed by atoms with Gasteiger partial charge in [-0.05, 0) is 42.5 Å². The minimum Gasteiger partial charge on any atom is -0.355 e. The monoisotopic (exact) mass is 372 g/mol. The lowest BCUT2D eigenvalue weighted by Crippen LogP contribution is -2.24. The third-order valence-electron chi connectivity index (χ3n) is 3.63. The van der Waals surface area contributed by atoms with Crippen LogP contribution < -0.4 is 10.6 Å². The molecule has 1 amide bonds. The molecule has 0 bridgehead atoms. The summed E-state index contributed by atoms with van der Waals surface area (Å²) in [7, 11) is 0. The molecule has 3 aromatic rings. The van der Waals surface area contributed by atoms with E-state index in [0.29, 0.717) is 11.4 Å². The van der Waals surface area contributed by atoms with Crippen molar-refractivity contribution in [3.8, 4) is 0 Å². The number of hydrogen-bond donors (Lipinski definition) is 2. The smallest absolute Gasteiger partial charge is 0.355 e. The van der Waals surface area contributed by atoms with Crippen LogP contribution in [0.3, 0.4) is 0 Å². The zero-order valence-electron chi connectivity index (χ0n) is 14.0. The quantitative estimate of drug-likeness (QED) is 0.706. The Bertz CT molecular complexity index is 929. The molecule has 3 rings (SSSR count). The number of amides is 1. The third-order valence-corrected chi connectivity index (χ3v) is 3.63. The number of alkyl halides is 3. The Morgan fingerprint density at radius 2 is 1.74 bits per heavy atom. The van der Waals surface area contributed by atoms with Gasteiger partial charge in [0.1, 0.15) is 5.69 Å². The molecule has 2 aromatic heterocycles. The summed E-state index contributed by atoms with van der Waals surface area (Å²) >= 11 is 0. The molecule has 0 spiro atoms. The summed E-state index contributed by atoms with van der Waals surface area (Å²) in [6, 6.07) is 13.2. The van der Waals surface area contributed by atoms with Crippen LogP contribution in [-0.4, -0.2) is 15.9 Å². The molecule has 27 heavy (non-hydrogen) atoms. The average molecular weight is 372 g/mol. The Hall–Kier alpha value is -3.42. The minimum absolute atomic E-state index is 0.142. The van der Waals surface area contributed by atoms with Crippen LogP contribution in [0.1, 0.15) is 21.7 Å². The first-order valence-electron chi connectivity index (χ1n) is 8.00. The number of nitrogens with zero attached hydrogens (tertiary/aromatic N) is 2. The van der Waals surface area contributed by atoms with E-state index in [1.807, 2.05) is 6.07 Å². The summed E-state index contributed by atoms with van der Waals surface area (Å²) in [5.41, 5.74) is 0.796. The van der Waals surface area contributed by atoms with Crippen molar-refractivity contribution in [1.82, 2.24) is 15.3 Å². The topological polar surface area (TPSA) is 66.9 Å². The third kappa shape index (κ3) is 5.04. The second kappa shape index (κ2) is 7.86. The Morgan fingerprint density at radius 1 is 0.926 bits per heavy atom. The van der Waals surface area contributed by atoms with Crippen LogP contribution in [0.25, 0.3) is 0 Å². The van der Waals surface area contributed by atoms with Crippen LogP contribution in [0.15, 0.2) is 67.0 Å². The minimum atomic E-state index is -4.42. The fraction of sp³-hybridized carbons (Fsp3) is 0.105. The predicted molar refractivity (Wildman–Crippen MR) is 94.4 cm³/mol. The van der Waals surface area contributed by atoms with Gasteiger partial charge in [-0.15, -0.1) is 0 Å². The number of hydrogen-bond acceptors (Lipinski definition) is 4. The van der Waals surface area contributed by atoms with Crippen LogP contribution in [0, 0.1) is 0 Å². The molecule has 2 N–H and O–H groups in total. The van der Waals surface area contributed by atoms with Crippen molar-refractivity contribution in [2.24, 2.45) is 0 Å². The summed E-state index contributed by atoms with van der Waals surface area (Å²) in [6.07, 6.45) is -1.39. The Kier molecular flexibility index (Phi) is 5.35. The maximum absolute atomic E-state index is 12.8. The van der Waals surface area contributed by atoms with E-state index in [0.717, 1.165) is 12.1 Å². The first-order chi connectivity index (χ1) is 12.9. The number of carbonyl (C=O) groups is 1. The van der Waals surface area contributed by atoms with Crippen LogP contribution in [0.4, 0.5) is 24.5 Å². The molecular weight excluding hydrogens is 357 g/mol. The highest BCUT2D eigenvalue weighted by Gasteiger charge is 2.30. The van der Waals surface area contributed by atoms with Crippen LogP contribution in [0.2, 0.25) is 0 Å². The molecule has 0 aliphatic carbocycles. The van der Waals surface area contributed by atoms with Crippen molar-refractivity contribution in [3.63, 3.8) is 0 Å². The van der Waals surface area contributed by atoms with Crippen molar-refractivity contribution in [1.29, 1.82) is 0 Å². The van der Waals surface area contributed by atoms with Crippen molar-refractivity contribution in [2.45, 2.75) is 12.7 Å². The largest absolute Gasteiger partial charge is 0.416 e. The van der Waals surface area contributed by atoms with E-state index in [2.05, 4.69) is 20.6 Å². The first kappa shape index (κ1) is 18.4. The number of anilines is 2. The lowest BCUT2D eigenvalue weighted by atomic mass is 10.2. The maximum atomic E-state index is 12.8. The molecule has 0 saturated heterocycles. The Labute approximate surface area is 153 Å². The summed E-state index contributed by atoms with van der Waals surface area (Å²) in [6.45, 7) is 0.243. The summed E-state index contributed by atoms with van der Waals surface area (Å²) in [5.74, 6) is -0.409. The van der Waals surface area contributed by atoms with E-state index in [-0.39, 0.29) is 17.9 Å². The summed E-state index contributed by atoms with van der Waals surface area (Å²) in [4.78, 5) is 20.3. The van der Waals surface area contributed by atoms with Gasteiger partial charge in [0.2, 0.25) is 0 Å². The van der Waals surface area contributed by atoms with E-state index in [9.17, 15) is 18.0 Å². The van der Waals surface area contributed by atoms with E-state index < -0.39 is 17.6 Å². The molecular formula is C19H15F3N4O. The molecule has 0 aliphatic rings. The molecule has 8 heteroatoms. The lowest BCUT2D eigenvalue weighted by molar-refractivity contribution is -0.137. The molecule has 5 nitrogen and oxygen atoms in total. The van der Waals surface area contributed by atoms with Gasteiger partial charge in [0.25, 0.3) is 5.91 Å². The van der Waals surface area contributed by atoms with Crippen molar-refractivity contribution < 1.29 is 18.0 Å². The summed E-state index contributed by atoms with van der Waals surface area (Å²) < 4.78 is 38.4. The zero-order valence-corrected chi connectivity index (χ0v) is 14.0. The molecule has 0 radical (unpaired) electrons. The average Bonchev–Trinajstić information content (AvgIpc) is 2.67. The van der Waals surface area contributed by atoms with Crippen molar-refractivity contribution in [3.05, 3.63) is 83.9 Å². The van der Waals surface area contributed by atoms with Gasteiger partial charge in [-0.1, -0.05) is 12.1 Å². The second-order valence-electron chi connectivity index (χ2n) is 5.64. The van der Waals surface area contributed by atoms with Crippen LogP contribution in [-0.2, 0) is 12.7 Å². The van der Waals surface area contributed by atoms with Crippen LogP contribution in [0.5, 0.6) is 0 Å². The lowest BCUT2D eigenvalue weighted by Gasteiger charge is -2.11. The summed E-state index contributed by atoms with van der Waals surface area (Å²) in [5, 5.41) is 5.55. The molecule has 1 aromatic carbocycles. The molecule has 0 unspecified atom stereocenters. The Balaban J connectivity index is 1.69. The fourth-order valence-electron chi connectivity index (χ4n) is 2.34. The highest BCUT2D eigenvalue weighted by Crippen LogP contribution is 2.31. The first-order valence-corrected chi connectivity index (χ1v) is 8.00. The molecule has 0 aliphatic heterocycles. The van der Waals surface area contributed by atoms with E-state index >= 15 is 0 Å². The van der Waals surface area contributed by atoms with Gasteiger partial charge in [0, 0.05) is 23.8 Å². The number of halogens is 3. The standard InChI is InChI=1S/C19H15F3N4O/c20-19(21,22)13-4-3-6-14(10-13)26-15-7-9-24-17(11-15)18(27)25-12-16-5-1-2-8-23-16/h1-11H,12H2,(H,24,26)(H,25,27). The highest BCUT2D eigenvalue weighted by atomic mass is 19.4. The van der Waals surface area contributed by atoms with E-state index in [1.165, 1.54) is 24.4 Å². The van der Waals surface area contributed by atoms with Crippen molar-refractivity contribution in [2.75, 3.05) is 5.32 Å². The predicted octanol–water partition coefficient (Wildman–Crippen LogP) is 4.17. The van der Waals surface area contributed by atoms with Crippen LogP contribution >= 0.6 is 0 Å². The van der Waals surface area contributed by atoms with Gasteiger partial charge in [-0.25, -0.2) is 0 Å². The number of carbonyl (C=O) groups excluding carboxylic acids is 1. The van der Waals surface area contributed by atoms with E-state index in [4.69, 9.17) is 0 Å². The van der Waals surface area contributed by atoms with Gasteiger partial charge in [0.05, 0.1) is 17.8 Å². The molecule has 2 heterocycles.